The molecular formula is C23H16N2O4. The summed E-state index contributed by atoms with van der Waals surface area (Å²) in [6, 6.07) is 17.8. The summed E-state index contributed by atoms with van der Waals surface area (Å²) in [5.41, 5.74) is 2.10. The van der Waals surface area contributed by atoms with E-state index in [0.29, 0.717) is 29.4 Å². The third-order valence-corrected chi connectivity index (χ3v) is 4.32. The lowest BCUT2D eigenvalue weighted by Crippen LogP contribution is -2.02. The van der Waals surface area contributed by atoms with Crippen molar-refractivity contribution >= 4 is 11.9 Å². The summed E-state index contributed by atoms with van der Waals surface area (Å²) >= 11 is 0. The summed E-state index contributed by atoms with van der Waals surface area (Å²) < 4.78 is 16.3. The molecule has 0 bridgehead atoms. The van der Waals surface area contributed by atoms with Crippen LogP contribution in [0.25, 0.3) is 6.08 Å². The molecule has 0 unspecified atom stereocenters. The molecule has 0 radical (unpaired) electrons. The molecule has 0 fully saturated rings. The van der Waals surface area contributed by atoms with Crippen molar-refractivity contribution in [2.24, 2.45) is 0 Å². The average Bonchev–Trinajstić information content (AvgIpc) is 3.25. The number of aromatic nitrogens is 1. The number of fused-ring (bicyclic) bond motifs is 1. The van der Waals surface area contributed by atoms with Crippen LogP contribution in [0.1, 0.15) is 21.5 Å². The maximum absolute atomic E-state index is 12.7. The van der Waals surface area contributed by atoms with Crippen molar-refractivity contribution in [1.29, 1.82) is 5.26 Å². The van der Waals surface area contributed by atoms with Gasteiger partial charge in [0.1, 0.15) is 24.0 Å². The van der Waals surface area contributed by atoms with E-state index in [4.69, 9.17) is 14.2 Å². The third kappa shape index (κ3) is 4.25. The van der Waals surface area contributed by atoms with Gasteiger partial charge in [-0.2, -0.15) is 5.26 Å². The monoisotopic (exact) mass is 384 g/mol. The summed E-state index contributed by atoms with van der Waals surface area (Å²) in [6.45, 7) is 0.540. The first kappa shape index (κ1) is 18.3. The van der Waals surface area contributed by atoms with Gasteiger partial charge in [0.2, 0.25) is 12.6 Å². The minimum absolute atomic E-state index is 0.0351. The highest BCUT2D eigenvalue weighted by atomic mass is 16.7. The predicted molar refractivity (Wildman–Crippen MR) is 105 cm³/mol. The van der Waals surface area contributed by atoms with Crippen LogP contribution in [0.15, 0.2) is 72.6 Å². The lowest BCUT2D eigenvalue weighted by atomic mass is 10.0. The number of hydrogen-bond donors (Lipinski definition) is 0. The van der Waals surface area contributed by atoms with Gasteiger partial charge in [-0.15, -0.1) is 0 Å². The van der Waals surface area contributed by atoms with Crippen LogP contribution in [0.5, 0.6) is 17.2 Å². The number of ether oxygens (including phenoxy) is 3. The molecule has 1 aliphatic rings. The molecule has 1 aromatic heterocycles. The molecule has 6 nitrogen and oxygen atoms in total. The zero-order valence-corrected chi connectivity index (χ0v) is 15.4. The average molecular weight is 384 g/mol. The predicted octanol–water partition coefficient (Wildman–Crippen LogP) is 4.18. The van der Waals surface area contributed by atoms with Gasteiger partial charge in [-0.05, 0) is 48.0 Å². The third-order valence-electron chi connectivity index (χ3n) is 4.32. The SMILES string of the molecule is N#CC(=Cc1ccc(OCc2cccnc2)cc1)C(=O)c1ccc2c(c1)OCO2. The lowest BCUT2D eigenvalue weighted by molar-refractivity contribution is 0.103. The largest absolute Gasteiger partial charge is 0.489 e. The number of nitrogens with zero attached hydrogens (tertiary/aromatic N) is 2. The Hall–Kier alpha value is -4.11. The summed E-state index contributed by atoms with van der Waals surface area (Å²) in [4.78, 5) is 16.7. The molecule has 29 heavy (non-hydrogen) atoms. The van der Waals surface area contributed by atoms with E-state index in [2.05, 4.69) is 4.98 Å². The van der Waals surface area contributed by atoms with Crippen molar-refractivity contribution in [3.63, 3.8) is 0 Å². The van der Waals surface area contributed by atoms with E-state index >= 15 is 0 Å². The van der Waals surface area contributed by atoms with Crippen LogP contribution in [0.2, 0.25) is 0 Å². The van der Waals surface area contributed by atoms with Gasteiger partial charge in [-0.1, -0.05) is 18.2 Å². The molecule has 0 amide bonds. The van der Waals surface area contributed by atoms with Gasteiger partial charge in [0, 0.05) is 23.5 Å². The number of carbonyl (C=O) groups is 1. The zero-order chi connectivity index (χ0) is 20.1. The minimum atomic E-state index is -0.372. The number of hydrogen-bond acceptors (Lipinski definition) is 6. The Balaban J connectivity index is 1.47. The van der Waals surface area contributed by atoms with Crippen LogP contribution in [-0.2, 0) is 6.61 Å². The van der Waals surface area contributed by atoms with Gasteiger partial charge in [0.25, 0.3) is 0 Å². The van der Waals surface area contributed by atoms with E-state index < -0.39 is 0 Å². The topological polar surface area (TPSA) is 81.4 Å². The molecule has 0 atom stereocenters. The fourth-order valence-corrected chi connectivity index (χ4v) is 2.82. The number of Topliss-reactive ketones (excluding diaryl/α,β-unsaturated/α-hetero) is 1. The summed E-state index contributed by atoms with van der Waals surface area (Å²) in [5, 5.41) is 9.45. The Labute approximate surface area is 167 Å². The Kier molecular flexibility index (Phi) is 5.21. The highest BCUT2D eigenvalue weighted by Gasteiger charge is 2.18. The normalized spacial score (nSPS) is 12.3. The number of allylic oxidation sites excluding steroid dienone is 1. The summed E-state index contributed by atoms with van der Waals surface area (Å²) in [7, 11) is 0. The molecule has 2 aromatic carbocycles. The Morgan fingerprint density at radius 1 is 1.14 bits per heavy atom. The fourth-order valence-electron chi connectivity index (χ4n) is 2.82. The van der Waals surface area contributed by atoms with Crippen LogP contribution >= 0.6 is 0 Å². The molecule has 0 saturated heterocycles. The zero-order valence-electron chi connectivity index (χ0n) is 15.4. The maximum atomic E-state index is 12.7. The summed E-state index contributed by atoms with van der Waals surface area (Å²) in [6.07, 6.45) is 5.01. The molecule has 0 spiro atoms. The molecule has 1 aliphatic heterocycles. The van der Waals surface area contributed by atoms with E-state index in [1.807, 2.05) is 18.2 Å². The van der Waals surface area contributed by atoms with Crippen LogP contribution in [0.4, 0.5) is 0 Å². The fraction of sp³-hybridized carbons (Fsp3) is 0.0870. The number of pyridine rings is 1. The Morgan fingerprint density at radius 2 is 1.97 bits per heavy atom. The number of carbonyl (C=O) groups excluding carboxylic acids is 1. The number of benzene rings is 2. The maximum Gasteiger partial charge on any atom is 0.231 e. The van der Waals surface area contributed by atoms with Crippen LogP contribution in [0.3, 0.4) is 0 Å². The van der Waals surface area contributed by atoms with Crippen molar-refractivity contribution in [1.82, 2.24) is 4.98 Å². The molecule has 0 N–H and O–H groups in total. The molecule has 4 rings (SSSR count). The van der Waals surface area contributed by atoms with Crippen molar-refractivity contribution in [2.75, 3.05) is 6.79 Å². The first-order valence-electron chi connectivity index (χ1n) is 8.91. The second-order valence-electron chi connectivity index (χ2n) is 6.29. The van der Waals surface area contributed by atoms with Crippen molar-refractivity contribution < 1.29 is 19.0 Å². The molecule has 6 heteroatoms. The number of ketones is 1. The molecule has 3 aromatic rings. The van der Waals surface area contributed by atoms with E-state index in [-0.39, 0.29) is 18.1 Å². The second kappa shape index (κ2) is 8.28. The summed E-state index contributed by atoms with van der Waals surface area (Å²) in [5.74, 6) is 1.41. The molecule has 2 heterocycles. The smallest absolute Gasteiger partial charge is 0.231 e. The van der Waals surface area contributed by atoms with Gasteiger partial charge in [0.05, 0.1) is 0 Å². The molecule has 0 saturated carbocycles. The van der Waals surface area contributed by atoms with Crippen LogP contribution in [-0.4, -0.2) is 17.6 Å². The van der Waals surface area contributed by atoms with Crippen molar-refractivity contribution in [3.8, 4) is 23.3 Å². The van der Waals surface area contributed by atoms with E-state index in [9.17, 15) is 10.1 Å². The lowest BCUT2D eigenvalue weighted by Gasteiger charge is -2.06. The van der Waals surface area contributed by atoms with Crippen LogP contribution in [0, 0.1) is 11.3 Å². The van der Waals surface area contributed by atoms with Gasteiger partial charge in [-0.25, -0.2) is 0 Å². The highest BCUT2D eigenvalue weighted by Crippen LogP contribution is 2.33. The molecular weight excluding hydrogens is 368 g/mol. The standard InChI is InChI=1S/C23H16N2O4/c24-12-19(23(26)18-5-8-21-22(11-18)29-15-28-21)10-16-3-6-20(7-4-16)27-14-17-2-1-9-25-13-17/h1-11,13H,14-15H2. The van der Waals surface area contributed by atoms with Crippen molar-refractivity contribution in [2.45, 2.75) is 6.61 Å². The molecule has 142 valence electrons. The van der Waals surface area contributed by atoms with E-state index in [1.165, 1.54) is 0 Å². The second-order valence-corrected chi connectivity index (χ2v) is 6.29. The highest BCUT2D eigenvalue weighted by molar-refractivity contribution is 6.14. The minimum Gasteiger partial charge on any atom is -0.489 e. The van der Waals surface area contributed by atoms with Gasteiger partial charge in [-0.3, -0.25) is 9.78 Å². The first-order valence-corrected chi connectivity index (χ1v) is 8.91. The Morgan fingerprint density at radius 3 is 2.72 bits per heavy atom. The first-order chi connectivity index (χ1) is 14.2. The van der Waals surface area contributed by atoms with Gasteiger partial charge >= 0.3 is 0 Å². The number of nitriles is 1. The van der Waals surface area contributed by atoms with Crippen molar-refractivity contribution in [3.05, 3.63) is 89.3 Å². The van der Waals surface area contributed by atoms with Gasteiger partial charge < -0.3 is 14.2 Å². The quantitative estimate of drug-likeness (QED) is 0.360. The number of rotatable bonds is 6. The Bertz CT molecular complexity index is 1100. The van der Waals surface area contributed by atoms with Crippen LogP contribution < -0.4 is 14.2 Å². The molecule has 0 aliphatic carbocycles. The van der Waals surface area contributed by atoms with E-state index in [0.717, 1.165) is 11.1 Å². The van der Waals surface area contributed by atoms with Gasteiger partial charge in [0.15, 0.2) is 11.5 Å². The van der Waals surface area contributed by atoms with E-state index in [1.54, 1.807) is 60.9 Å².